The molecule has 2 aromatic carbocycles. The molecule has 11 heteroatoms. The van der Waals surface area contributed by atoms with E-state index >= 15 is 0 Å². The van der Waals surface area contributed by atoms with E-state index < -0.39 is 28.5 Å². The predicted octanol–water partition coefficient (Wildman–Crippen LogP) is 4.08. The minimum Gasteiger partial charge on any atom is -0.355 e. The van der Waals surface area contributed by atoms with Crippen molar-refractivity contribution in [3.63, 3.8) is 0 Å². The van der Waals surface area contributed by atoms with Crippen LogP contribution in [0.1, 0.15) is 19.4 Å². The molecule has 2 rings (SSSR count). The van der Waals surface area contributed by atoms with Crippen molar-refractivity contribution in [1.29, 1.82) is 0 Å². The quantitative estimate of drug-likeness (QED) is 0.497. The van der Waals surface area contributed by atoms with Crippen molar-refractivity contribution in [3.8, 4) is 0 Å². The molecule has 1 N–H and O–H groups in total. The van der Waals surface area contributed by atoms with Crippen LogP contribution in [0.25, 0.3) is 0 Å². The van der Waals surface area contributed by atoms with E-state index in [9.17, 15) is 18.0 Å². The Labute approximate surface area is 206 Å². The maximum absolute atomic E-state index is 13.4. The maximum atomic E-state index is 13.4. The molecule has 0 heterocycles. The lowest BCUT2D eigenvalue weighted by atomic mass is 10.1. The van der Waals surface area contributed by atoms with E-state index in [0.717, 1.165) is 20.6 Å². The Kier molecular flexibility index (Phi) is 9.39. The van der Waals surface area contributed by atoms with E-state index in [-0.39, 0.29) is 23.2 Å². The number of hydrogen-bond acceptors (Lipinski definition) is 4. The number of benzene rings is 2. The van der Waals surface area contributed by atoms with E-state index in [1.165, 1.54) is 23.1 Å². The summed E-state index contributed by atoms with van der Waals surface area (Å²) >= 11 is 15.5. The number of halogens is 3. The van der Waals surface area contributed by atoms with Crippen LogP contribution < -0.4 is 9.62 Å². The standard InChI is InChI=1S/C21H24BrCl2N3O4S/c1-4-25-21(29)14(2)26(12-15-6-5-7-16(22)10-15)20(28)13-27(32(3,30)31)19-9-8-17(23)11-18(19)24/h5-11,14H,4,12-13H2,1-3H3,(H,25,29). The summed E-state index contributed by atoms with van der Waals surface area (Å²) in [5.41, 5.74) is 0.902. The van der Waals surface area contributed by atoms with Crippen molar-refractivity contribution in [1.82, 2.24) is 10.2 Å². The largest absolute Gasteiger partial charge is 0.355 e. The first-order chi connectivity index (χ1) is 14.9. The molecule has 0 aliphatic carbocycles. The van der Waals surface area contributed by atoms with Crippen LogP contribution in [0.5, 0.6) is 0 Å². The molecule has 0 saturated heterocycles. The third kappa shape index (κ3) is 7.10. The van der Waals surface area contributed by atoms with Crippen molar-refractivity contribution >= 4 is 66.7 Å². The smallest absolute Gasteiger partial charge is 0.244 e. The molecule has 0 radical (unpaired) electrons. The zero-order chi connectivity index (χ0) is 24.1. The molecular weight excluding hydrogens is 541 g/mol. The SMILES string of the molecule is CCNC(=O)C(C)N(Cc1cccc(Br)c1)C(=O)CN(c1ccc(Cl)cc1Cl)S(C)(=O)=O. The molecule has 0 fully saturated rings. The Morgan fingerprint density at radius 1 is 1.16 bits per heavy atom. The minimum atomic E-state index is -3.87. The van der Waals surface area contributed by atoms with Gasteiger partial charge in [0, 0.05) is 22.6 Å². The third-order valence-electron chi connectivity index (χ3n) is 4.62. The fraction of sp³-hybridized carbons (Fsp3) is 0.333. The first kappa shape index (κ1) is 26.4. The lowest BCUT2D eigenvalue weighted by Gasteiger charge is -2.31. The van der Waals surface area contributed by atoms with Gasteiger partial charge in [0.15, 0.2) is 0 Å². The van der Waals surface area contributed by atoms with Crippen molar-refractivity contribution in [2.75, 3.05) is 23.7 Å². The first-order valence-corrected chi connectivity index (χ1v) is 13.1. The summed E-state index contributed by atoms with van der Waals surface area (Å²) in [6, 6.07) is 10.8. The van der Waals surface area contributed by atoms with Gasteiger partial charge in [0.1, 0.15) is 12.6 Å². The summed E-state index contributed by atoms with van der Waals surface area (Å²) < 4.78 is 26.8. The number of anilines is 1. The summed E-state index contributed by atoms with van der Waals surface area (Å²) in [7, 11) is -3.87. The average Bonchev–Trinajstić information content (AvgIpc) is 2.69. The van der Waals surface area contributed by atoms with Crippen LogP contribution in [0.4, 0.5) is 5.69 Å². The van der Waals surface area contributed by atoms with Gasteiger partial charge >= 0.3 is 0 Å². The molecule has 2 aromatic rings. The summed E-state index contributed by atoms with van der Waals surface area (Å²) in [5, 5.41) is 3.12. The topological polar surface area (TPSA) is 86.8 Å². The Balaban J connectivity index is 2.42. The number of nitrogens with zero attached hydrogens (tertiary/aromatic N) is 2. The van der Waals surface area contributed by atoms with Gasteiger partial charge in [-0.3, -0.25) is 13.9 Å². The molecule has 1 atom stereocenters. The van der Waals surface area contributed by atoms with Gasteiger partial charge in [0.25, 0.3) is 0 Å². The van der Waals surface area contributed by atoms with Crippen LogP contribution >= 0.6 is 39.1 Å². The molecule has 1 unspecified atom stereocenters. The molecule has 0 bridgehead atoms. The zero-order valence-electron chi connectivity index (χ0n) is 17.8. The van der Waals surface area contributed by atoms with Crippen LogP contribution in [0.15, 0.2) is 46.9 Å². The van der Waals surface area contributed by atoms with Gasteiger partial charge in [0.05, 0.1) is 17.0 Å². The van der Waals surface area contributed by atoms with Gasteiger partial charge in [-0.25, -0.2) is 8.42 Å². The van der Waals surface area contributed by atoms with E-state index in [1.54, 1.807) is 13.8 Å². The monoisotopic (exact) mass is 563 g/mol. The van der Waals surface area contributed by atoms with Crippen LogP contribution in [-0.2, 0) is 26.2 Å². The normalized spacial score (nSPS) is 12.2. The van der Waals surface area contributed by atoms with Gasteiger partial charge in [-0.2, -0.15) is 0 Å². The number of sulfonamides is 1. The molecular formula is C21H24BrCl2N3O4S. The number of carbonyl (C=O) groups is 2. The molecule has 0 aromatic heterocycles. The van der Waals surface area contributed by atoms with Crippen LogP contribution in [0.3, 0.4) is 0 Å². The fourth-order valence-electron chi connectivity index (χ4n) is 3.01. The number of carbonyl (C=O) groups excluding carboxylic acids is 2. The van der Waals surface area contributed by atoms with E-state index in [2.05, 4.69) is 21.2 Å². The first-order valence-electron chi connectivity index (χ1n) is 9.68. The van der Waals surface area contributed by atoms with Crippen molar-refractivity contribution in [2.24, 2.45) is 0 Å². The number of likely N-dealkylation sites (N-methyl/N-ethyl adjacent to an activating group) is 1. The predicted molar refractivity (Wildman–Crippen MR) is 131 cm³/mol. The molecule has 0 aliphatic heterocycles. The van der Waals surface area contributed by atoms with E-state index in [0.29, 0.717) is 11.6 Å². The highest BCUT2D eigenvalue weighted by molar-refractivity contribution is 9.10. The number of amides is 2. The second kappa shape index (κ2) is 11.4. The Morgan fingerprint density at radius 2 is 1.84 bits per heavy atom. The highest BCUT2D eigenvalue weighted by Crippen LogP contribution is 2.30. The van der Waals surface area contributed by atoms with Crippen LogP contribution in [-0.4, -0.2) is 50.5 Å². The highest BCUT2D eigenvalue weighted by Gasteiger charge is 2.30. The molecule has 0 spiro atoms. The van der Waals surface area contributed by atoms with Crippen molar-refractivity contribution in [2.45, 2.75) is 26.4 Å². The molecule has 2 amide bonds. The minimum absolute atomic E-state index is 0.0889. The van der Waals surface area contributed by atoms with Crippen LogP contribution in [0.2, 0.25) is 10.0 Å². The van der Waals surface area contributed by atoms with Gasteiger partial charge in [-0.05, 0) is 49.7 Å². The summed E-state index contributed by atoms with van der Waals surface area (Å²) in [4.78, 5) is 27.2. The van der Waals surface area contributed by atoms with E-state index in [1.807, 2.05) is 24.3 Å². The molecule has 32 heavy (non-hydrogen) atoms. The highest BCUT2D eigenvalue weighted by atomic mass is 79.9. The van der Waals surface area contributed by atoms with Crippen molar-refractivity contribution < 1.29 is 18.0 Å². The molecule has 174 valence electrons. The van der Waals surface area contributed by atoms with Gasteiger partial charge < -0.3 is 10.2 Å². The number of rotatable bonds is 9. The maximum Gasteiger partial charge on any atom is 0.244 e. The Bertz CT molecular complexity index is 1100. The molecule has 0 aliphatic rings. The van der Waals surface area contributed by atoms with Crippen molar-refractivity contribution in [3.05, 3.63) is 62.5 Å². The van der Waals surface area contributed by atoms with Crippen LogP contribution in [0, 0.1) is 0 Å². The van der Waals surface area contributed by atoms with E-state index in [4.69, 9.17) is 23.2 Å². The summed E-state index contributed by atoms with van der Waals surface area (Å²) in [5.74, 6) is -0.897. The van der Waals surface area contributed by atoms with Gasteiger partial charge in [-0.1, -0.05) is 51.3 Å². The van der Waals surface area contributed by atoms with Gasteiger partial charge in [0.2, 0.25) is 21.8 Å². The average molecular weight is 565 g/mol. The summed E-state index contributed by atoms with van der Waals surface area (Å²) in [6.07, 6.45) is 0.983. The Morgan fingerprint density at radius 3 is 2.41 bits per heavy atom. The fourth-order valence-corrected chi connectivity index (χ4v) is 4.88. The third-order valence-corrected chi connectivity index (χ3v) is 6.78. The molecule has 0 saturated carbocycles. The lowest BCUT2D eigenvalue weighted by molar-refractivity contribution is -0.139. The summed E-state index contributed by atoms with van der Waals surface area (Å²) in [6.45, 7) is 3.36. The second-order valence-corrected chi connectivity index (χ2v) is 10.8. The second-order valence-electron chi connectivity index (χ2n) is 7.09. The number of nitrogens with one attached hydrogen (secondary N) is 1. The molecule has 7 nitrogen and oxygen atoms in total. The number of hydrogen-bond donors (Lipinski definition) is 1. The van der Waals surface area contributed by atoms with Gasteiger partial charge in [-0.15, -0.1) is 0 Å². The Hall–Kier alpha value is -1.81. The zero-order valence-corrected chi connectivity index (χ0v) is 21.7. The lowest BCUT2D eigenvalue weighted by Crippen LogP contribution is -2.51.